The molecule has 14 heavy (non-hydrogen) atoms. The molecular formula is C9H12ClN3O. The van der Waals surface area contributed by atoms with Crippen LogP contribution in [0.1, 0.15) is 18.5 Å². The molecule has 0 bridgehead atoms. The van der Waals surface area contributed by atoms with E-state index >= 15 is 0 Å². The number of amides is 2. The van der Waals surface area contributed by atoms with E-state index in [1.165, 1.54) is 0 Å². The first kappa shape index (κ1) is 10.8. The fourth-order valence-electron chi connectivity index (χ4n) is 1.14. The van der Waals surface area contributed by atoms with Crippen molar-refractivity contribution in [1.82, 2.24) is 10.7 Å². The molecule has 0 spiro atoms. The lowest BCUT2D eigenvalue weighted by atomic mass is 10.1. The number of hydrogen-bond acceptors (Lipinski definition) is 2. The van der Waals surface area contributed by atoms with Crippen LogP contribution >= 0.6 is 11.6 Å². The normalized spacial score (nSPS) is 11.9. The van der Waals surface area contributed by atoms with Gasteiger partial charge in [0.1, 0.15) is 0 Å². The minimum Gasteiger partial charge on any atom is -0.330 e. The van der Waals surface area contributed by atoms with Gasteiger partial charge in [0.05, 0.1) is 6.04 Å². The van der Waals surface area contributed by atoms with Crippen molar-refractivity contribution in [3.8, 4) is 0 Å². The molecule has 0 aliphatic carbocycles. The van der Waals surface area contributed by atoms with E-state index in [4.69, 9.17) is 17.4 Å². The molecule has 1 rings (SSSR count). The molecule has 0 fully saturated rings. The fraction of sp³-hybridized carbons (Fsp3) is 0.222. The number of nitrogens with two attached hydrogens (primary N) is 1. The summed E-state index contributed by atoms with van der Waals surface area (Å²) in [6.07, 6.45) is 0. The van der Waals surface area contributed by atoms with E-state index in [1.54, 1.807) is 6.07 Å². The van der Waals surface area contributed by atoms with Crippen LogP contribution in [-0.4, -0.2) is 6.03 Å². The molecule has 0 aromatic heterocycles. The van der Waals surface area contributed by atoms with Crippen molar-refractivity contribution in [2.75, 3.05) is 0 Å². The maximum Gasteiger partial charge on any atom is 0.329 e. The maximum absolute atomic E-state index is 10.9. The molecule has 0 aliphatic heterocycles. The van der Waals surface area contributed by atoms with Gasteiger partial charge in [0.2, 0.25) is 0 Å². The van der Waals surface area contributed by atoms with Crippen LogP contribution in [-0.2, 0) is 0 Å². The summed E-state index contributed by atoms with van der Waals surface area (Å²) in [6.45, 7) is 1.83. The number of carbonyl (C=O) groups excluding carboxylic acids is 1. The Morgan fingerprint density at radius 1 is 1.50 bits per heavy atom. The molecule has 1 unspecified atom stereocenters. The number of carbonyl (C=O) groups is 1. The number of benzene rings is 1. The molecule has 1 aromatic rings. The van der Waals surface area contributed by atoms with Crippen LogP contribution in [0.2, 0.25) is 5.02 Å². The van der Waals surface area contributed by atoms with Gasteiger partial charge in [-0.15, -0.1) is 0 Å². The number of urea groups is 1. The summed E-state index contributed by atoms with van der Waals surface area (Å²) in [6, 6.07) is 6.71. The number of halogens is 1. The Morgan fingerprint density at radius 3 is 2.71 bits per heavy atom. The highest BCUT2D eigenvalue weighted by atomic mass is 35.5. The lowest BCUT2D eigenvalue weighted by Gasteiger charge is -2.14. The quantitative estimate of drug-likeness (QED) is 0.397. The lowest BCUT2D eigenvalue weighted by Crippen LogP contribution is -2.41. The maximum atomic E-state index is 10.9. The minimum atomic E-state index is -0.433. The van der Waals surface area contributed by atoms with E-state index in [-0.39, 0.29) is 6.04 Å². The number of hydrazine groups is 1. The van der Waals surface area contributed by atoms with Crippen LogP contribution in [0.5, 0.6) is 0 Å². The van der Waals surface area contributed by atoms with E-state index in [2.05, 4.69) is 5.32 Å². The van der Waals surface area contributed by atoms with Gasteiger partial charge in [-0.1, -0.05) is 29.8 Å². The van der Waals surface area contributed by atoms with E-state index in [0.717, 1.165) is 5.56 Å². The average molecular weight is 214 g/mol. The molecule has 0 heterocycles. The average Bonchev–Trinajstić information content (AvgIpc) is 2.18. The highest BCUT2D eigenvalue weighted by molar-refractivity contribution is 6.31. The van der Waals surface area contributed by atoms with Crippen molar-refractivity contribution >= 4 is 17.6 Å². The summed E-state index contributed by atoms with van der Waals surface area (Å²) in [4.78, 5) is 10.9. The first-order chi connectivity index (χ1) is 6.65. The summed E-state index contributed by atoms with van der Waals surface area (Å²) in [5.74, 6) is 4.94. The third kappa shape index (κ3) is 2.61. The molecule has 0 saturated heterocycles. The monoisotopic (exact) mass is 213 g/mol. The topological polar surface area (TPSA) is 67.2 Å². The summed E-state index contributed by atoms with van der Waals surface area (Å²) >= 11 is 5.94. The van der Waals surface area contributed by atoms with Gasteiger partial charge < -0.3 is 5.32 Å². The second kappa shape index (κ2) is 4.83. The summed E-state index contributed by atoms with van der Waals surface area (Å²) in [5, 5.41) is 3.25. The van der Waals surface area contributed by atoms with Gasteiger partial charge in [0, 0.05) is 5.02 Å². The lowest BCUT2D eigenvalue weighted by molar-refractivity contribution is 0.238. The zero-order valence-corrected chi connectivity index (χ0v) is 8.51. The van der Waals surface area contributed by atoms with Crippen molar-refractivity contribution < 1.29 is 4.79 Å². The van der Waals surface area contributed by atoms with Gasteiger partial charge in [-0.25, -0.2) is 10.6 Å². The van der Waals surface area contributed by atoms with Gasteiger partial charge in [0.15, 0.2) is 0 Å². The molecule has 4 nitrogen and oxygen atoms in total. The SMILES string of the molecule is CC(NC(=O)NN)c1ccccc1Cl. The van der Waals surface area contributed by atoms with Gasteiger partial charge in [0.25, 0.3) is 0 Å². The Hall–Kier alpha value is -1.26. The van der Waals surface area contributed by atoms with Gasteiger partial charge >= 0.3 is 6.03 Å². The van der Waals surface area contributed by atoms with Gasteiger partial charge in [-0.2, -0.15) is 0 Å². The third-order valence-electron chi connectivity index (χ3n) is 1.85. The van der Waals surface area contributed by atoms with Crippen molar-refractivity contribution in [2.45, 2.75) is 13.0 Å². The Kier molecular flexibility index (Phi) is 3.73. The first-order valence-corrected chi connectivity index (χ1v) is 4.54. The number of hydrogen-bond donors (Lipinski definition) is 3. The Bertz CT molecular complexity index is 330. The minimum absolute atomic E-state index is 0.174. The molecule has 5 heteroatoms. The molecule has 1 aromatic carbocycles. The Labute approximate surface area is 87.4 Å². The zero-order valence-electron chi connectivity index (χ0n) is 7.75. The van der Waals surface area contributed by atoms with E-state index in [0.29, 0.717) is 5.02 Å². The zero-order chi connectivity index (χ0) is 10.6. The van der Waals surface area contributed by atoms with Crippen LogP contribution in [0.3, 0.4) is 0 Å². The molecule has 76 valence electrons. The van der Waals surface area contributed by atoms with Crippen molar-refractivity contribution in [3.05, 3.63) is 34.9 Å². The van der Waals surface area contributed by atoms with E-state index in [1.807, 2.05) is 30.5 Å². The van der Waals surface area contributed by atoms with E-state index < -0.39 is 6.03 Å². The molecule has 0 saturated carbocycles. The third-order valence-corrected chi connectivity index (χ3v) is 2.19. The van der Waals surface area contributed by atoms with Crippen molar-refractivity contribution in [1.29, 1.82) is 0 Å². The molecule has 0 radical (unpaired) electrons. The van der Waals surface area contributed by atoms with Gasteiger partial charge in [-0.05, 0) is 18.6 Å². The number of nitrogens with one attached hydrogen (secondary N) is 2. The summed E-state index contributed by atoms with van der Waals surface area (Å²) in [5.41, 5.74) is 2.85. The smallest absolute Gasteiger partial charge is 0.329 e. The summed E-state index contributed by atoms with van der Waals surface area (Å²) in [7, 11) is 0. The molecule has 2 amide bonds. The second-order valence-corrected chi connectivity index (χ2v) is 3.27. The molecular weight excluding hydrogens is 202 g/mol. The Balaban J connectivity index is 2.74. The molecule has 1 atom stereocenters. The largest absolute Gasteiger partial charge is 0.330 e. The predicted molar refractivity (Wildman–Crippen MR) is 55.7 cm³/mol. The van der Waals surface area contributed by atoms with Crippen LogP contribution in [0.15, 0.2) is 24.3 Å². The van der Waals surface area contributed by atoms with Crippen LogP contribution in [0.4, 0.5) is 4.79 Å². The highest BCUT2D eigenvalue weighted by Gasteiger charge is 2.10. The fourth-order valence-corrected chi connectivity index (χ4v) is 1.44. The predicted octanol–water partition coefficient (Wildman–Crippen LogP) is 1.57. The highest BCUT2D eigenvalue weighted by Crippen LogP contribution is 2.21. The van der Waals surface area contributed by atoms with E-state index in [9.17, 15) is 4.79 Å². The van der Waals surface area contributed by atoms with Crippen LogP contribution in [0.25, 0.3) is 0 Å². The second-order valence-electron chi connectivity index (χ2n) is 2.86. The van der Waals surface area contributed by atoms with Gasteiger partial charge in [-0.3, -0.25) is 5.43 Å². The molecule has 0 aliphatic rings. The Morgan fingerprint density at radius 2 is 2.14 bits per heavy atom. The van der Waals surface area contributed by atoms with Crippen LogP contribution in [0, 0.1) is 0 Å². The van der Waals surface area contributed by atoms with Crippen molar-refractivity contribution in [2.24, 2.45) is 5.84 Å². The van der Waals surface area contributed by atoms with Crippen LogP contribution < -0.4 is 16.6 Å². The first-order valence-electron chi connectivity index (χ1n) is 4.16. The van der Waals surface area contributed by atoms with Crippen molar-refractivity contribution in [3.63, 3.8) is 0 Å². The summed E-state index contributed by atoms with van der Waals surface area (Å²) < 4.78 is 0. The molecule has 4 N–H and O–H groups in total. The number of rotatable bonds is 2. The standard InChI is InChI=1S/C9H12ClN3O/c1-6(12-9(14)13-11)7-4-2-3-5-8(7)10/h2-6H,11H2,1H3,(H2,12,13,14).